The Morgan fingerprint density at radius 3 is 2.50 bits per heavy atom. The van der Waals surface area contributed by atoms with Crippen LogP contribution in [0.4, 0.5) is 0 Å². The number of methoxy groups -OCH3 is 2. The fourth-order valence-corrected chi connectivity index (χ4v) is 2.85. The molecule has 0 aliphatic carbocycles. The fourth-order valence-electron chi connectivity index (χ4n) is 2.85. The molecule has 10 nitrogen and oxygen atoms in total. The van der Waals surface area contributed by atoms with E-state index in [4.69, 9.17) is 23.7 Å². The molecule has 10 heteroatoms. The normalized spacial score (nSPS) is 10.3. The van der Waals surface area contributed by atoms with Gasteiger partial charge in [0.25, 0.3) is 0 Å². The van der Waals surface area contributed by atoms with Gasteiger partial charge >= 0.3 is 11.9 Å². The van der Waals surface area contributed by atoms with Gasteiger partial charge in [0.1, 0.15) is 24.7 Å². The maximum Gasteiger partial charge on any atom is 0.361 e. The van der Waals surface area contributed by atoms with Crippen molar-refractivity contribution in [2.45, 2.75) is 6.92 Å². The molecule has 1 N–H and O–H groups in total. The van der Waals surface area contributed by atoms with Gasteiger partial charge in [-0.3, -0.25) is 0 Å². The summed E-state index contributed by atoms with van der Waals surface area (Å²) in [5, 5.41) is 10.4. The number of carbonyl (C=O) groups excluding carboxylic acids is 2. The molecule has 1 aromatic heterocycles. The van der Waals surface area contributed by atoms with E-state index in [0.29, 0.717) is 34.1 Å². The Kier molecular flexibility index (Phi) is 7.63. The van der Waals surface area contributed by atoms with Crippen LogP contribution in [0.15, 0.2) is 42.5 Å². The van der Waals surface area contributed by atoms with Crippen molar-refractivity contribution in [1.82, 2.24) is 15.4 Å². The number of aromatic amines is 1. The average molecular weight is 441 g/mol. The second-order valence-electron chi connectivity index (χ2n) is 6.32. The molecule has 1 heterocycles. The van der Waals surface area contributed by atoms with E-state index in [2.05, 4.69) is 15.4 Å². The number of esters is 2. The molecule has 0 aliphatic heterocycles. The zero-order chi connectivity index (χ0) is 22.9. The summed E-state index contributed by atoms with van der Waals surface area (Å²) >= 11 is 0. The van der Waals surface area contributed by atoms with Crippen molar-refractivity contribution in [2.24, 2.45) is 0 Å². The van der Waals surface area contributed by atoms with Crippen molar-refractivity contribution in [3.8, 4) is 28.5 Å². The lowest BCUT2D eigenvalue weighted by atomic mass is 10.1. The molecule has 0 amide bonds. The first kappa shape index (κ1) is 22.6. The Morgan fingerprint density at radius 2 is 1.75 bits per heavy atom. The summed E-state index contributed by atoms with van der Waals surface area (Å²) in [4.78, 5) is 23.7. The standard InChI is InChI=1S/C22H23N3O7/c1-4-30-22(27)20-19(23-25-24-20)14-8-9-17(18(13-14)28-2)32-11-10-31-16-7-5-6-15(12-16)21(26)29-3/h5-9,12-13H,4,10-11H2,1-3H3,(H,23,24,25). The van der Waals surface area contributed by atoms with Crippen LogP contribution in [0, 0.1) is 0 Å². The Balaban J connectivity index is 1.63. The lowest BCUT2D eigenvalue weighted by Crippen LogP contribution is -2.10. The molecule has 0 aliphatic rings. The van der Waals surface area contributed by atoms with Crippen LogP contribution in [0.1, 0.15) is 27.8 Å². The van der Waals surface area contributed by atoms with Gasteiger partial charge < -0.3 is 23.7 Å². The lowest BCUT2D eigenvalue weighted by Gasteiger charge is -2.13. The highest BCUT2D eigenvalue weighted by Crippen LogP contribution is 2.32. The van der Waals surface area contributed by atoms with Gasteiger partial charge in [-0.2, -0.15) is 10.3 Å². The van der Waals surface area contributed by atoms with E-state index in [0.717, 1.165) is 0 Å². The SMILES string of the molecule is CCOC(=O)c1n[nH]nc1-c1ccc(OCCOc2cccc(C(=O)OC)c2)c(OC)c1. The monoisotopic (exact) mass is 441 g/mol. The van der Waals surface area contributed by atoms with E-state index in [1.54, 1.807) is 49.4 Å². The van der Waals surface area contributed by atoms with Gasteiger partial charge in [-0.25, -0.2) is 9.59 Å². The Hall–Kier alpha value is -4.08. The van der Waals surface area contributed by atoms with E-state index >= 15 is 0 Å². The zero-order valence-corrected chi connectivity index (χ0v) is 17.9. The molecule has 0 saturated carbocycles. The van der Waals surface area contributed by atoms with Gasteiger partial charge in [0.15, 0.2) is 17.2 Å². The predicted molar refractivity (Wildman–Crippen MR) is 113 cm³/mol. The maximum absolute atomic E-state index is 12.0. The number of nitrogens with zero attached hydrogens (tertiary/aromatic N) is 2. The van der Waals surface area contributed by atoms with Crippen molar-refractivity contribution in [3.63, 3.8) is 0 Å². The number of hydrogen-bond acceptors (Lipinski definition) is 9. The first-order valence-electron chi connectivity index (χ1n) is 9.77. The van der Waals surface area contributed by atoms with Crippen LogP contribution in [0.3, 0.4) is 0 Å². The molecule has 0 radical (unpaired) electrons. The van der Waals surface area contributed by atoms with Crippen molar-refractivity contribution in [1.29, 1.82) is 0 Å². The topological polar surface area (TPSA) is 122 Å². The first-order chi connectivity index (χ1) is 15.6. The molecular formula is C22H23N3O7. The van der Waals surface area contributed by atoms with Crippen molar-refractivity contribution >= 4 is 11.9 Å². The Bertz CT molecular complexity index is 1080. The molecule has 3 rings (SSSR count). The lowest BCUT2D eigenvalue weighted by molar-refractivity contribution is 0.0519. The molecule has 0 saturated heterocycles. The third-order valence-corrected chi connectivity index (χ3v) is 4.32. The van der Waals surface area contributed by atoms with Gasteiger partial charge in [0.2, 0.25) is 0 Å². The molecular weight excluding hydrogens is 418 g/mol. The van der Waals surface area contributed by atoms with Crippen molar-refractivity contribution in [2.75, 3.05) is 34.0 Å². The van der Waals surface area contributed by atoms with Crippen LogP contribution >= 0.6 is 0 Å². The largest absolute Gasteiger partial charge is 0.493 e. The Morgan fingerprint density at radius 1 is 0.938 bits per heavy atom. The van der Waals surface area contributed by atoms with Crippen LogP contribution in [0.25, 0.3) is 11.3 Å². The molecule has 0 unspecified atom stereocenters. The Labute approximate surface area is 184 Å². The van der Waals surface area contributed by atoms with Gasteiger partial charge in [-0.1, -0.05) is 6.07 Å². The first-order valence-corrected chi connectivity index (χ1v) is 9.77. The predicted octanol–water partition coefficient (Wildman–Crippen LogP) is 2.90. The summed E-state index contributed by atoms with van der Waals surface area (Å²) in [5.74, 6) is 0.465. The van der Waals surface area contributed by atoms with Crippen molar-refractivity contribution < 1.29 is 33.3 Å². The smallest absolute Gasteiger partial charge is 0.361 e. The third kappa shape index (κ3) is 5.34. The second kappa shape index (κ2) is 10.8. The molecule has 32 heavy (non-hydrogen) atoms. The van der Waals surface area contributed by atoms with Crippen LogP contribution in [-0.4, -0.2) is 61.4 Å². The van der Waals surface area contributed by atoms with Crippen molar-refractivity contribution in [3.05, 3.63) is 53.7 Å². The molecule has 3 aromatic rings. The number of hydrogen-bond donors (Lipinski definition) is 1. The van der Waals surface area contributed by atoms with Gasteiger partial charge in [0, 0.05) is 5.56 Å². The molecule has 0 spiro atoms. The highest BCUT2D eigenvalue weighted by molar-refractivity contribution is 5.94. The van der Waals surface area contributed by atoms with Crippen LogP contribution in [0.5, 0.6) is 17.2 Å². The number of ether oxygens (including phenoxy) is 5. The van der Waals surface area contributed by atoms with Gasteiger partial charge in [-0.05, 0) is 43.3 Å². The molecule has 168 valence electrons. The number of aromatic nitrogens is 3. The van der Waals surface area contributed by atoms with Gasteiger partial charge in [-0.15, -0.1) is 5.10 Å². The summed E-state index contributed by atoms with van der Waals surface area (Å²) in [6, 6.07) is 11.8. The van der Waals surface area contributed by atoms with Crippen LogP contribution in [-0.2, 0) is 9.47 Å². The average Bonchev–Trinajstić information content (AvgIpc) is 3.32. The van der Waals surface area contributed by atoms with E-state index in [-0.39, 0.29) is 25.5 Å². The van der Waals surface area contributed by atoms with E-state index in [1.165, 1.54) is 14.2 Å². The minimum absolute atomic E-state index is 0.0881. The highest BCUT2D eigenvalue weighted by Gasteiger charge is 2.20. The van der Waals surface area contributed by atoms with Crippen LogP contribution < -0.4 is 14.2 Å². The van der Waals surface area contributed by atoms with E-state index in [1.807, 2.05) is 0 Å². The minimum Gasteiger partial charge on any atom is -0.493 e. The molecule has 0 atom stereocenters. The summed E-state index contributed by atoms with van der Waals surface area (Å²) in [6.45, 7) is 2.42. The number of H-pyrrole nitrogens is 1. The number of nitrogens with one attached hydrogen (secondary N) is 1. The summed E-state index contributed by atoms with van der Waals surface area (Å²) in [7, 11) is 2.83. The van der Waals surface area contributed by atoms with Crippen LogP contribution in [0.2, 0.25) is 0 Å². The summed E-state index contributed by atoms with van der Waals surface area (Å²) in [6.07, 6.45) is 0. The summed E-state index contributed by atoms with van der Waals surface area (Å²) in [5.41, 5.74) is 1.45. The number of benzene rings is 2. The quantitative estimate of drug-likeness (QED) is 0.374. The molecule has 2 aromatic carbocycles. The third-order valence-electron chi connectivity index (χ3n) is 4.32. The maximum atomic E-state index is 12.0. The highest BCUT2D eigenvalue weighted by atomic mass is 16.5. The summed E-state index contributed by atoms with van der Waals surface area (Å²) < 4.78 is 26.5. The molecule has 0 bridgehead atoms. The van der Waals surface area contributed by atoms with E-state index < -0.39 is 11.9 Å². The fraction of sp³-hybridized carbons (Fsp3) is 0.273. The van der Waals surface area contributed by atoms with E-state index in [9.17, 15) is 9.59 Å². The number of rotatable bonds is 10. The zero-order valence-electron chi connectivity index (χ0n) is 17.9. The van der Waals surface area contributed by atoms with Gasteiger partial charge in [0.05, 0.1) is 26.4 Å². The molecule has 0 fully saturated rings. The second-order valence-corrected chi connectivity index (χ2v) is 6.32. The number of carbonyl (C=O) groups is 2. The minimum atomic E-state index is -0.566.